The summed E-state index contributed by atoms with van der Waals surface area (Å²) >= 11 is 2.23. The van der Waals surface area contributed by atoms with Crippen molar-refractivity contribution in [2.75, 3.05) is 6.61 Å². The molecule has 0 aromatic heterocycles. The summed E-state index contributed by atoms with van der Waals surface area (Å²) in [5.41, 5.74) is 2.78. The van der Waals surface area contributed by atoms with E-state index >= 15 is 0 Å². The number of alkyl halides is 4. The van der Waals surface area contributed by atoms with Crippen molar-refractivity contribution < 1.29 is 23.0 Å². The van der Waals surface area contributed by atoms with Crippen molar-refractivity contribution >= 4 is 22.6 Å². The van der Waals surface area contributed by atoms with Crippen molar-refractivity contribution in [2.45, 2.75) is 55.7 Å². The number of benzene rings is 2. The number of aryl methyl sites for hydroxylation is 1. The molecule has 6 heteroatoms. The summed E-state index contributed by atoms with van der Waals surface area (Å²) in [7, 11) is 0. The third-order valence-electron chi connectivity index (χ3n) is 5.07. The van der Waals surface area contributed by atoms with Crippen LogP contribution in [0.3, 0.4) is 0 Å². The van der Waals surface area contributed by atoms with E-state index in [1.54, 1.807) is 19.9 Å². The molecular formula is C22H24F3IO2. The van der Waals surface area contributed by atoms with Gasteiger partial charge in [0, 0.05) is 10.3 Å². The molecule has 2 nitrogen and oxygen atoms in total. The molecule has 0 radical (unpaired) electrons. The Labute approximate surface area is 177 Å². The number of hydrogen-bond donors (Lipinski definition) is 1. The molecule has 28 heavy (non-hydrogen) atoms. The fraction of sp³-hybridized carbons (Fsp3) is 0.455. The zero-order valence-corrected chi connectivity index (χ0v) is 18.3. The molecule has 1 atom stereocenters. The lowest BCUT2D eigenvalue weighted by molar-refractivity contribution is -0.137. The summed E-state index contributed by atoms with van der Waals surface area (Å²) < 4.78 is 46.1. The molecule has 0 bridgehead atoms. The molecule has 1 aliphatic rings. The van der Waals surface area contributed by atoms with Crippen LogP contribution in [0.5, 0.6) is 5.75 Å². The first-order valence-electron chi connectivity index (χ1n) is 9.30. The highest BCUT2D eigenvalue weighted by molar-refractivity contribution is 14.1. The van der Waals surface area contributed by atoms with Gasteiger partial charge in [-0.1, -0.05) is 28.7 Å². The topological polar surface area (TPSA) is 29.5 Å². The number of halogens is 4. The number of rotatable bonds is 5. The Bertz CT molecular complexity index is 869. The van der Waals surface area contributed by atoms with Crippen LogP contribution in [0.4, 0.5) is 13.2 Å². The summed E-state index contributed by atoms with van der Waals surface area (Å²) in [5.74, 6) is 0.654. The molecule has 0 unspecified atom stereocenters. The zero-order valence-electron chi connectivity index (χ0n) is 16.2. The second-order valence-electron chi connectivity index (χ2n) is 7.98. The summed E-state index contributed by atoms with van der Waals surface area (Å²) in [6.45, 7) is 5.71. The molecule has 0 saturated carbocycles. The van der Waals surface area contributed by atoms with E-state index in [0.29, 0.717) is 24.3 Å². The van der Waals surface area contributed by atoms with Crippen molar-refractivity contribution in [1.29, 1.82) is 0 Å². The highest BCUT2D eigenvalue weighted by atomic mass is 127. The van der Waals surface area contributed by atoms with Gasteiger partial charge in [-0.25, -0.2) is 0 Å². The summed E-state index contributed by atoms with van der Waals surface area (Å²) in [6.07, 6.45) is -2.22. The molecular weight excluding hydrogens is 480 g/mol. The quantitative estimate of drug-likeness (QED) is 0.366. The predicted molar refractivity (Wildman–Crippen MR) is 113 cm³/mol. The second-order valence-corrected chi connectivity index (χ2v) is 9.49. The van der Waals surface area contributed by atoms with Crippen molar-refractivity contribution in [2.24, 2.45) is 0 Å². The largest absolute Gasteiger partial charge is 0.493 e. The van der Waals surface area contributed by atoms with Crippen molar-refractivity contribution in [3.63, 3.8) is 0 Å². The predicted octanol–water partition coefficient (Wildman–Crippen LogP) is 6.64. The molecule has 0 saturated heterocycles. The van der Waals surface area contributed by atoms with E-state index in [1.165, 1.54) is 12.1 Å². The minimum Gasteiger partial charge on any atom is -0.493 e. The first-order chi connectivity index (χ1) is 13.0. The van der Waals surface area contributed by atoms with Gasteiger partial charge in [-0.2, -0.15) is 13.2 Å². The van der Waals surface area contributed by atoms with Crippen molar-refractivity contribution in [3.05, 3.63) is 52.6 Å². The van der Waals surface area contributed by atoms with Gasteiger partial charge >= 0.3 is 6.18 Å². The molecule has 0 fully saturated rings. The Hall–Kier alpha value is -1.28. The number of fused-ring (bicyclic) bond motifs is 1. The molecule has 0 aliphatic heterocycles. The molecule has 0 spiro atoms. The maximum Gasteiger partial charge on any atom is 0.416 e. The van der Waals surface area contributed by atoms with E-state index in [-0.39, 0.29) is 3.92 Å². The van der Waals surface area contributed by atoms with Crippen LogP contribution >= 0.6 is 22.6 Å². The van der Waals surface area contributed by atoms with Crippen LogP contribution in [0.2, 0.25) is 0 Å². The molecule has 0 amide bonds. The fourth-order valence-corrected chi connectivity index (χ4v) is 4.40. The van der Waals surface area contributed by atoms with Gasteiger partial charge in [0.15, 0.2) is 0 Å². The lowest BCUT2D eigenvalue weighted by atomic mass is 9.91. The fourth-order valence-electron chi connectivity index (χ4n) is 3.53. The number of ether oxygens (including phenoxy) is 1. The average Bonchev–Trinajstić information content (AvgIpc) is 2.94. The van der Waals surface area contributed by atoms with E-state index in [0.717, 1.165) is 35.1 Å². The molecule has 1 N–H and O–H groups in total. The van der Waals surface area contributed by atoms with E-state index < -0.39 is 17.3 Å². The van der Waals surface area contributed by atoms with Crippen LogP contribution in [0.25, 0.3) is 11.1 Å². The zero-order chi connectivity index (χ0) is 20.7. The number of hydrogen-bond acceptors (Lipinski definition) is 2. The SMILES string of the molecule is Cc1cc(OCCC(C)(C)O)ccc1-c1cc(C(F)(F)F)cc2c1CC[C@H]2I. The Morgan fingerprint density at radius 2 is 1.86 bits per heavy atom. The standard InChI is InChI=1S/C22H24F3IO2/c1-13-10-15(28-9-8-21(2,3)27)4-5-16(13)18-11-14(22(23,24)25)12-19-17(18)6-7-20(19)26/h4-5,10-12,20,27H,6-9H2,1-3H3/t20-/m1/s1. The minimum absolute atomic E-state index is 0.110. The van der Waals surface area contributed by atoms with Crippen LogP contribution in [0.1, 0.15) is 52.9 Å². The Morgan fingerprint density at radius 3 is 2.46 bits per heavy atom. The average molecular weight is 504 g/mol. The van der Waals surface area contributed by atoms with Crippen molar-refractivity contribution in [3.8, 4) is 16.9 Å². The van der Waals surface area contributed by atoms with Gasteiger partial charge in [0.2, 0.25) is 0 Å². The van der Waals surface area contributed by atoms with E-state index in [1.807, 2.05) is 19.1 Å². The van der Waals surface area contributed by atoms with Gasteiger partial charge < -0.3 is 9.84 Å². The summed E-state index contributed by atoms with van der Waals surface area (Å²) in [5, 5.41) is 9.77. The molecule has 152 valence electrons. The van der Waals surface area contributed by atoms with E-state index in [9.17, 15) is 18.3 Å². The molecule has 2 aromatic rings. The normalized spacial score (nSPS) is 16.9. The third kappa shape index (κ3) is 4.82. The van der Waals surface area contributed by atoms with Crippen LogP contribution in [0, 0.1) is 6.92 Å². The van der Waals surface area contributed by atoms with Gasteiger partial charge in [0.1, 0.15) is 5.75 Å². The lowest BCUT2D eigenvalue weighted by Crippen LogP contribution is -2.21. The molecule has 0 heterocycles. The van der Waals surface area contributed by atoms with Gasteiger partial charge in [-0.3, -0.25) is 0 Å². The third-order valence-corrected chi connectivity index (χ3v) is 6.36. The van der Waals surface area contributed by atoms with Gasteiger partial charge in [-0.15, -0.1) is 0 Å². The van der Waals surface area contributed by atoms with Crippen molar-refractivity contribution in [1.82, 2.24) is 0 Å². The molecule has 2 aromatic carbocycles. The number of aliphatic hydroxyl groups is 1. The summed E-state index contributed by atoms with van der Waals surface area (Å²) in [6, 6.07) is 8.07. The molecule has 3 rings (SSSR count). The van der Waals surface area contributed by atoms with E-state index in [2.05, 4.69) is 22.6 Å². The highest BCUT2D eigenvalue weighted by Gasteiger charge is 2.34. The van der Waals surface area contributed by atoms with Crippen LogP contribution in [0.15, 0.2) is 30.3 Å². The first-order valence-corrected chi connectivity index (χ1v) is 10.5. The minimum atomic E-state index is -4.36. The van der Waals surface area contributed by atoms with E-state index in [4.69, 9.17) is 4.74 Å². The lowest BCUT2D eigenvalue weighted by Gasteiger charge is -2.19. The smallest absolute Gasteiger partial charge is 0.416 e. The van der Waals surface area contributed by atoms with Crippen LogP contribution in [-0.2, 0) is 12.6 Å². The maximum atomic E-state index is 13.4. The van der Waals surface area contributed by atoms with Crippen LogP contribution < -0.4 is 4.74 Å². The van der Waals surface area contributed by atoms with Crippen LogP contribution in [-0.4, -0.2) is 17.3 Å². The Morgan fingerprint density at radius 1 is 1.14 bits per heavy atom. The van der Waals surface area contributed by atoms with Gasteiger partial charge in [-0.05, 0) is 85.7 Å². The maximum absolute atomic E-state index is 13.4. The monoisotopic (exact) mass is 504 g/mol. The van der Waals surface area contributed by atoms with Gasteiger partial charge in [0.05, 0.1) is 17.8 Å². The summed E-state index contributed by atoms with van der Waals surface area (Å²) in [4.78, 5) is 0. The highest BCUT2D eigenvalue weighted by Crippen LogP contribution is 2.46. The first kappa shape index (κ1) is 21.4. The Kier molecular flexibility index (Phi) is 6.01. The second kappa shape index (κ2) is 7.86. The molecule has 1 aliphatic carbocycles. The Balaban J connectivity index is 1.95. The van der Waals surface area contributed by atoms with Gasteiger partial charge in [0.25, 0.3) is 0 Å².